The number of nitrogens with zero attached hydrogens (tertiary/aromatic N) is 4. The number of carbonyl (C=O) groups is 1. The fourth-order valence-electron chi connectivity index (χ4n) is 2.93. The monoisotopic (exact) mass is 375 g/mol. The topological polar surface area (TPSA) is 90.9 Å². The van der Waals surface area contributed by atoms with E-state index in [0.717, 1.165) is 9.44 Å². The van der Waals surface area contributed by atoms with Crippen molar-refractivity contribution >= 4 is 28.4 Å². The number of carbonyl (C=O) groups excluding carboxylic acids is 1. The molecule has 0 radical (unpaired) electrons. The molecule has 0 spiro atoms. The number of aromatic nitrogens is 4. The minimum absolute atomic E-state index is 0.164. The molecule has 138 valence electrons. The van der Waals surface area contributed by atoms with Crippen LogP contribution in [0.1, 0.15) is 24.8 Å². The minimum atomic E-state index is -0.562. The van der Waals surface area contributed by atoms with Gasteiger partial charge in [-0.2, -0.15) is 0 Å². The van der Waals surface area contributed by atoms with E-state index in [0.29, 0.717) is 11.2 Å². The van der Waals surface area contributed by atoms with Crippen LogP contribution in [0.5, 0.6) is 0 Å². The highest BCUT2D eigenvalue weighted by Gasteiger charge is 2.21. The number of hydrogen-bond acceptors (Lipinski definition) is 5. The molecule has 0 unspecified atom stereocenters. The Balaban J connectivity index is 1.94. The third-order valence-corrected chi connectivity index (χ3v) is 5.29. The van der Waals surface area contributed by atoms with Gasteiger partial charge in [0, 0.05) is 19.0 Å². The van der Waals surface area contributed by atoms with Crippen molar-refractivity contribution in [2.24, 2.45) is 20.0 Å². The Morgan fingerprint density at radius 2 is 2.04 bits per heavy atom. The van der Waals surface area contributed by atoms with Gasteiger partial charge in [0.05, 0.1) is 12.4 Å². The number of imidazole rings is 1. The molecule has 8 nitrogen and oxygen atoms in total. The zero-order chi connectivity index (χ0) is 19.0. The largest absolute Gasteiger partial charge is 0.347 e. The summed E-state index contributed by atoms with van der Waals surface area (Å²) in [5.41, 5.74) is -0.486. The van der Waals surface area contributed by atoms with Crippen LogP contribution >= 0.6 is 11.3 Å². The number of thiophene rings is 1. The van der Waals surface area contributed by atoms with Gasteiger partial charge < -0.3 is 9.88 Å². The second kappa shape index (κ2) is 6.91. The number of rotatable bonds is 5. The average Bonchev–Trinajstić information content (AvgIpc) is 3.24. The van der Waals surface area contributed by atoms with Crippen LogP contribution in [0.25, 0.3) is 11.2 Å². The zero-order valence-electron chi connectivity index (χ0n) is 15.1. The molecule has 1 atom stereocenters. The van der Waals surface area contributed by atoms with E-state index < -0.39 is 11.2 Å². The van der Waals surface area contributed by atoms with Gasteiger partial charge >= 0.3 is 5.69 Å². The second-order valence-corrected chi connectivity index (χ2v) is 7.54. The lowest BCUT2D eigenvalue weighted by Gasteiger charge is -2.21. The molecule has 0 aromatic carbocycles. The van der Waals surface area contributed by atoms with Crippen LogP contribution < -0.4 is 16.6 Å². The number of nitrogens with one attached hydrogen (secondary N) is 1. The number of hydrogen-bond donors (Lipinski definition) is 1. The van der Waals surface area contributed by atoms with E-state index in [1.807, 2.05) is 31.4 Å². The van der Waals surface area contributed by atoms with Crippen LogP contribution in [0.15, 0.2) is 33.4 Å². The predicted molar refractivity (Wildman–Crippen MR) is 100 cm³/mol. The van der Waals surface area contributed by atoms with Gasteiger partial charge in [0.1, 0.15) is 6.54 Å². The number of aryl methyl sites for hydroxylation is 2. The maximum atomic E-state index is 12.7. The van der Waals surface area contributed by atoms with Crippen LogP contribution in [-0.2, 0) is 25.4 Å². The van der Waals surface area contributed by atoms with Gasteiger partial charge in [-0.1, -0.05) is 19.9 Å². The molecule has 0 bridgehead atoms. The molecule has 0 fully saturated rings. The summed E-state index contributed by atoms with van der Waals surface area (Å²) >= 11 is 1.56. The van der Waals surface area contributed by atoms with E-state index in [2.05, 4.69) is 10.3 Å². The van der Waals surface area contributed by atoms with Gasteiger partial charge in [0.15, 0.2) is 11.2 Å². The predicted octanol–water partition coefficient (Wildman–Crippen LogP) is 1.01. The molecule has 26 heavy (non-hydrogen) atoms. The molecule has 9 heteroatoms. The molecule has 3 rings (SSSR count). The highest BCUT2D eigenvalue weighted by atomic mass is 32.1. The lowest BCUT2D eigenvalue weighted by Crippen LogP contribution is -2.44. The first-order chi connectivity index (χ1) is 12.3. The quantitative estimate of drug-likeness (QED) is 0.720. The summed E-state index contributed by atoms with van der Waals surface area (Å²) in [5, 5.41) is 4.89. The average molecular weight is 375 g/mol. The molecule has 0 aliphatic carbocycles. The Labute approximate surface area is 153 Å². The van der Waals surface area contributed by atoms with Gasteiger partial charge in [-0.05, 0) is 17.4 Å². The molecular weight excluding hydrogens is 354 g/mol. The Hall–Kier alpha value is -2.68. The summed E-state index contributed by atoms with van der Waals surface area (Å²) in [6.07, 6.45) is 1.47. The Morgan fingerprint density at radius 1 is 1.31 bits per heavy atom. The first-order valence-corrected chi connectivity index (χ1v) is 9.12. The lowest BCUT2D eigenvalue weighted by molar-refractivity contribution is -0.122. The third-order valence-electron chi connectivity index (χ3n) is 4.34. The molecule has 0 saturated heterocycles. The molecular formula is C17H21N5O3S. The first kappa shape index (κ1) is 18.1. The fraction of sp³-hybridized carbons (Fsp3) is 0.412. The summed E-state index contributed by atoms with van der Waals surface area (Å²) in [6.45, 7) is 3.69. The summed E-state index contributed by atoms with van der Waals surface area (Å²) in [5.74, 6) is -0.200. The van der Waals surface area contributed by atoms with Gasteiger partial charge in [-0.25, -0.2) is 14.3 Å². The highest BCUT2D eigenvalue weighted by Crippen LogP contribution is 2.25. The van der Waals surface area contributed by atoms with Crippen LogP contribution in [-0.4, -0.2) is 24.6 Å². The Morgan fingerprint density at radius 3 is 2.65 bits per heavy atom. The maximum absolute atomic E-state index is 12.7. The van der Waals surface area contributed by atoms with Crippen molar-refractivity contribution in [3.05, 3.63) is 49.6 Å². The van der Waals surface area contributed by atoms with Crippen molar-refractivity contribution in [3.8, 4) is 0 Å². The van der Waals surface area contributed by atoms with Crippen molar-refractivity contribution in [2.45, 2.75) is 26.4 Å². The van der Waals surface area contributed by atoms with E-state index >= 15 is 0 Å². The number of amides is 1. The summed E-state index contributed by atoms with van der Waals surface area (Å²) in [7, 11) is 3.21. The molecule has 3 aromatic rings. The zero-order valence-corrected chi connectivity index (χ0v) is 15.9. The van der Waals surface area contributed by atoms with E-state index in [-0.39, 0.29) is 24.4 Å². The van der Waals surface area contributed by atoms with E-state index in [4.69, 9.17) is 0 Å². The van der Waals surface area contributed by atoms with Crippen LogP contribution in [0.4, 0.5) is 0 Å². The summed E-state index contributed by atoms with van der Waals surface area (Å²) in [4.78, 5) is 42.9. The van der Waals surface area contributed by atoms with Crippen molar-refractivity contribution in [1.29, 1.82) is 0 Å². The van der Waals surface area contributed by atoms with Crippen LogP contribution in [0.3, 0.4) is 0 Å². The third kappa shape index (κ3) is 3.10. The molecule has 0 saturated carbocycles. The number of fused-ring (bicyclic) bond motifs is 1. The highest BCUT2D eigenvalue weighted by molar-refractivity contribution is 7.10. The minimum Gasteiger partial charge on any atom is -0.347 e. The summed E-state index contributed by atoms with van der Waals surface area (Å²) in [6, 6.07) is 3.73. The molecule has 3 aromatic heterocycles. The van der Waals surface area contributed by atoms with Crippen molar-refractivity contribution in [3.63, 3.8) is 0 Å². The van der Waals surface area contributed by atoms with Crippen LogP contribution in [0, 0.1) is 5.92 Å². The van der Waals surface area contributed by atoms with Gasteiger partial charge in [-0.3, -0.25) is 14.2 Å². The molecule has 0 aliphatic heterocycles. The Bertz CT molecular complexity index is 1060. The standard InChI is InChI=1S/C17H21N5O3S/c1-10(2)13(11-6-5-7-26-11)19-12(23)8-22-16(24)14-15(18-9-20(14)3)21(4)17(22)25/h5-7,9-10,13H,8H2,1-4H3,(H,19,23)/t13-/m0/s1. The fourth-order valence-corrected chi connectivity index (χ4v) is 3.88. The maximum Gasteiger partial charge on any atom is 0.332 e. The smallest absolute Gasteiger partial charge is 0.332 e. The SMILES string of the molecule is CC(C)[C@H](NC(=O)Cn1c(=O)c2c(ncn2C)n(C)c1=O)c1cccs1. The second-order valence-electron chi connectivity index (χ2n) is 6.57. The molecule has 3 heterocycles. The lowest BCUT2D eigenvalue weighted by atomic mass is 10.0. The van der Waals surface area contributed by atoms with E-state index in [9.17, 15) is 14.4 Å². The van der Waals surface area contributed by atoms with Gasteiger partial charge in [0.25, 0.3) is 5.56 Å². The molecule has 1 amide bonds. The van der Waals surface area contributed by atoms with Crippen LogP contribution in [0.2, 0.25) is 0 Å². The first-order valence-electron chi connectivity index (χ1n) is 8.25. The summed E-state index contributed by atoms with van der Waals surface area (Å²) < 4.78 is 3.78. The molecule has 1 N–H and O–H groups in total. The van der Waals surface area contributed by atoms with E-state index in [1.54, 1.807) is 23.0 Å². The van der Waals surface area contributed by atoms with Crippen molar-refractivity contribution in [1.82, 2.24) is 24.0 Å². The van der Waals surface area contributed by atoms with Crippen molar-refractivity contribution < 1.29 is 4.79 Å². The van der Waals surface area contributed by atoms with Crippen molar-refractivity contribution in [2.75, 3.05) is 0 Å². The van der Waals surface area contributed by atoms with E-state index in [1.165, 1.54) is 17.9 Å². The van der Waals surface area contributed by atoms with Gasteiger partial charge in [-0.15, -0.1) is 11.3 Å². The Kier molecular flexibility index (Phi) is 4.82. The molecule has 0 aliphatic rings. The van der Waals surface area contributed by atoms with Gasteiger partial charge in [0.2, 0.25) is 5.91 Å². The normalized spacial score (nSPS) is 12.7.